The van der Waals surface area contributed by atoms with E-state index >= 15 is 0 Å². The Kier molecular flexibility index (Phi) is 8.23. The molecular formula is C21H26FN3O8S. The van der Waals surface area contributed by atoms with Gasteiger partial charge in [0.05, 0.1) is 19.4 Å². The monoisotopic (exact) mass is 499 g/mol. The predicted octanol–water partition coefficient (Wildman–Crippen LogP) is 1.68. The van der Waals surface area contributed by atoms with Gasteiger partial charge in [0, 0.05) is 11.3 Å². The summed E-state index contributed by atoms with van der Waals surface area (Å²) in [5.41, 5.74) is -2.75. The van der Waals surface area contributed by atoms with Crippen LogP contribution in [-0.4, -0.2) is 52.6 Å². The number of aromatic nitrogens is 2. The maximum absolute atomic E-state index is 13.8. The van der Waals surface area contributed by atoms with Gasteiger partial charge in [-0.15, -0.1) is 11.3 Å². The molecule has 0 saturated carbocycles. The van der Waals surface area contributed by atoms with Crippen LogP contribution >= 0.6 is 11.3 Å². The normalized spacial score (nSPS) is 20.2. The van der Waals surface area contributed by atoms with Crippen LogP contribution in [0.25, 0.3) is 0 Å². The Labute approximate surface area is 197 Å². The number of amides is 1. The molecule has 0 unspecified atom stereocenters. The molecule has 0 bridgehead atoms. The minimum atomic E-state index is -1.16. The number of hydrogen-bond donors (Lipinski definition) is 2. The molecule has 2 aromatic rings. The number of esters is 1. The van der Waals surface area contributed by atoms with Crippen LogP contribution in [0.15, 0.2) is 33.3 Å². The van der Waals surface area contributed by atoms with Crippen molar-refractivity contribution in [2.75, 3.05) is 13.2 Å². The van der Waals surface area contributed by atoms with E-state index in [9.17, 15) is 23.6 Å². The van der Waals surface area contributed by atoms with Crippen LogP contribution in [-0.2, 0) is 30.3 Å². The molecule has 186 valence electrons. The Morgan fingerprint density at radius 2 is 2.12 bits per heavy atom. The van der Waals surface area contributed by atoms with Crippen LogP contribution in [0.2, 0.25) is 0 Å². The lowest BCUT2D eigenvalue weighted by Gasteiger charge is -2.21. The SMILES string of the molecule is CC(C)(C)OC(=O)NCC(=O)O[C@H]1C[C@H](n2cc(F)c(=O)[nH]c2=O)O[C@@H]1COCc1cccs1. The van der Waals surface area contributed by atoms with Crippen molar-refractivity contribution in [3.8, 4) is 0 Å². The van der Waals surface area contributed by atoms with Crippen LogP contribution in [0, 0.1) is 5.82 Å². The van der Waals surface area contributed by atoms with Gasteiger partial charge in [-0.3, -0.25) is 19.1 Å². The van der Waals surface area contributed by atoms with Crippen molar-refractivity contribution in [1.82, 2.24) is 14.9 Å². The lowest BCUT2D eigenvalue weighted by molar-refractivity contribution is -0.153. The van der Waals surface area contributed by atoms with E-state index in [4.69, 9.17) is 18.9 Å². The number of thiophene rings is 1. The fraction of sp³-hybridized carbons (Fsp3) is 0.524. The lowest BCUT2D eigenvalue weighted by atomic mass is 10.2. The highest BCUT2D eigenvalue weighted by Crippen LogP contribution is 2.30. The second-order valence-corrected chi connectivity index (χ2v) is 9.52. The van der Waals surface area contributed by atoms with Crippen molar-refractivity contribution in [2.45, 2.75) is 57.8 Å². The molecular weight excluding hydrogens is 473 g/mol. The molecule has 1 fully saturated rings. The summed E-state index contributed by atoms with van der Waals surface area (Å²) < 4.78 is 36.6. The van der Waals surface area contributed by atoms with Gasteiger partial charge < -0.3 is 24.3 Å². The third kappa shape index (κ3) is 7.23. The average molecular weight is 500 g/mol. The number of alkyl carbamates (subject to hydrolysis) is 1. The summed E-state index contributed by atoms with van der Waals surface area (Å²) in [6, 6.07) is 3.77. The van der Waals surface area contributed by atoms with E-state index in [1.54, 1.807) is 20.8 Å². The van der Waals surface area contributed by atoms with Crippen LogP contribution in [0.4, 0.5) is 9.18 Å². The molecule has 1 aliphatic rings. The Balaban J connectivity index is 1.65. The third-order valence-corrected chi connectivity index (χ3v) is 5.43. The molecule has 13 heteroatoms. The summed E-state index contributed by atoms with van der Waals surface area (Å²) >= 11 is 1.51. The number of aromatic amines is 1. The molecule has 1 aliphatic heterocycles. The number of nitrogens with one attached hydrogen (secondary N) is 2. The van der Waals surface area contributed by atoms with E-state index in [-0.39, 0.29) is 13.0 Å². The second kappa shape index (κ2) is 10.9. The van der Waals surface area contributed by atoms with E-state index in [0.29, 0.717) is 6.61 Å². The zero-order chi connectivity index (χ0) is 24.9. The number of rotatable bonds is 8. The van der Waals surface area contributed by atoms with Gasteiger partial charge >= 0.3 is 17.8 Å². The molecule has 0 aliphatic carbocycles. The summed E-state index contributed by atoms with van der Waals surface area (Å²) in [5.74, 6) is -1.92. The summed E-state index contributed by atoms with van der Waals surface area (Å²) in [6.45, 7) is 4.92. The van der Waals surface area contributed by atoms with E-state index in [1.807, 2.05) is 22.5 Å². The van der Waals surface area contributed by atoms with Gasteiger partial charge in [0.2, 0.25) is 5.82 Å². The largest absolute Gasteiger partial charge is 0.458 e. The summed E-state index contributed by atoms with van der Waals surface area (Å²) in [7, 11) is 0. The van der Waals surface area contributed by atoms with Crippen molar-refractivity contribution < 1.29 is 32.9 Å². The molecule has 3 heterocycles. The maximum Gasteiger partial charge on any atom is 0.408 e. The zero-order valence-electron chi connectivity index (χ0n) is 18.9. The van der Waals surface area contributed by atoms with Gasteiger partial charge in [-0.25, -0.2) is 9.59 Å². The highest BCUT2D eigenvalue weighted by atomic mass is 32.1. The van der Waals surface area contributed by atoms with Crippen molar-refractivity contribution in [2.24, 2.45) is 0 Å². The third-order valence-electron chi connectivity index (χ3n) is 4.58. The Hall–Kier alpha value is -3.03. The van der Waals surface area contributed by atoms with Crippen LogP contribution in [0.3, 0.4) is 0 Å². The molecule has 2 N–H and O–H groups in total. The van der Waals surface area contributed by atoms with E-state index in [2.05, 4.69) is 5.32 Å². The van der Waals surface area contributed by atoms with Gasteiger partial charge in [0.1, 0.15) is 30.6 Å². The number of carbonyl (C=O) groups is 2. The predicted molar refractivity (Wildman–Crippen MR) is 118 cm³/mol. The number of nitrogens with zero attached hydrogens (tertiary/aromatic N) is 1. The molecule has 0 radical (unpaired) electrons. The van der Waals surface area contributed by atoms with E-state index in [0.717, 1.165) is 15.6 Å². The van der Waals surface area contributed by atoms with Crippen LogP contribution in [0.5, 0.6) is 0 Å². The van der Waals surface area contributed by atoms with Crippen molar-refractivity contribution in [3.63, 3.8) is 0 Å². The fourth-order valence-electron chi connectivity index (χ4n) is 3.16. The first-order valence-corrected chi connectivity index (χ1v) is 11.3. The Bertz CT molecular complexity index is 1110. The number of hydrogen-bond acceptors (Lipinski definition) is 9. The number of carbonyl (C=O) groups excluding carboxylic acids is 2. The molecule has 1 amide bonds. The summed E-state index contributed by atoms with van der Waals surface area (Å²) in [5, 5.41) is 4.21. The molecule has 11 nitrogen and oxygen atoms in total. The molecule has 1 saturated heterocycles. The molecule has 3 rings (SSSR count). The highest BCUT2D eigenvalue weighted by Gasteiger charge is 2.39. The fourth-order valence-corrected chi connectivity index (χ4v) is 3.80. The van der Waals surface area contributed by atoms with Gasteiger partial charge in [-0.1, -0.05) is 6.07 Å². The molecule has 2 aromatic heterocycles. The quantitative estimate of drug-likeness (QED) is 0.523. The number of H-pyrrole nitrogens is 1. The Morgan fingerprint density at radius 1 is 1.35 bits per heavy atom. The first-order valence-electron chi connectivity index (χ1n) is 10.4. The molecule has 0 spiro atoms. The van der Waals surface area contributed by atoms with Gasteiger partial charge in [0.15, 0.2) is 0 Å². The highest BCUT2D eigenvalue weighted by molar-refractivity contribution is 7.09. The standard InChI is InChI=1S/C21H26FN3O8S/c1-21(2,3)33-20(29)23-8-17(26)32-14-7-16(25-9-13(22)18(27)24-19(25)28)31-15(14)11-30-10-12-5-4-6-34-12/h4-6,9,14-16H,7-8,10-11H2,1-3H3,(H,23,29)(H,24,27,28)/t14-,15+,16+/m0/s1. The summed E-state index contributed by atoms with van der Waals surface area (Å²) in [4.78, 5) is 50.4. The van der Waals surface area contributed by atoms with E-state index < -0.39 is 59.7 Å². The lowest BCUT2D eigenvalue weighted by Crippen LogP contribution is -2.38. The number of halogens is 1. The van der Waals surface area contributed by atoms with E-state index in [1.165, 1.54) is 11.3 Å². The second-order valence-electron chi connectivity index (χ2n) is 8.49. The minimum absolute atomic E-state index is 0.00338. The molecule has 3 atom stereocenters. The molecule has 0 aromatic carbocycles. The van der Waals surface area contributed by atoms with Crippen LogP contribution in [0.1, 0.15) is 38.3 Å². The molecule has 34 heavy (non-hydrogen) atoms. The first kappa shape index (κ1) is 25.6. The topological polar surface area (TPSA) is 138 Å². The van der Waals surface area contributed by atoms with Gasteiger partial charge in [-0.05, 0) is 32.2 Å². The van der Waals surface area contributed by atoms with Crippen molar-refractivity contribution in [1.29, 1.82) is 0 Å². The summed E-state index contributed by atoms with van der Waals surface area (Å²) in [6.07, 6.45) is -2.69. The van der Waals surface area contributed by atoms with Crippen molar-refractivity contribution in [3.05, 3.63) is 55.2 Å². The maximum atomic E-state index is 13.8. The van der Waals surface area contributed by atoms with Gasteiger partial charge in [0.25, 0.3) is 5.56 Å². The minimum Gasteiger partial charge on any atom is -0.458 e. The average Bonchev–Trinajstić information content (AvgIpc) is 3.38. The Morgan fingerprint density at radius 3 is 2.79 bits per heavy atom. The van der Waals surface area contributed by atoms with Crippen LogP contribution < -0.4 is 16.6 Å². The van der Waals surface area contributed by atoms with Crippen molar-refractivity contribution >= 4 is 23.4 Å². The smallest absolute Gasteiger partial charge is 0.408 e. The zero-order valence-corrected chi connectivity index (χ0v) is 19.7. The first-order chi connectivity index (χ1) is 16.0. The number of ether oxygens (including phenoxy) is 4. The van der Waals surface area contributed by atoms with Gasteiger partial charge in [-0.2, -0.15) is 4.39 Å².